The predicted molar refractivity (Wildman–Crippen MR) is 112 cm³/mol. The van der Waals surface area contributed by atoms with Crippen LogP contribution in [0.2, 0.25) is 5.02 Å². The van der Waals surface area contributed by atoms with Crippen molar-refractivity contribution >= 4 is 23.2 Å². The molecule has 1 N–H and O–H groups in total. The highest BCUT2D eigenvalue weighted by Crippen LogP contribution is 2.33. The zero-order chi connectivity index (χ0) is 21.6. The monoisotopic (exact) mass is 430 g/mol. The number of aromatic nitrogens is 3. The standard InChI is InChI=1S/C21H23ClN4O4/c1-21(2,3)30-20(29)24-12-14(27)11-16(24)18-23-25-10-9-15(22)17(25)19(28)26(18)13-7-5-4-6-8-13/h4-10,14,16,27H,11-12H2,1-3H3/t14-,16-/m0/s1. The molecule has 3 aromatic rings. The van der Waals surface area contributed by atoms with Crippen molar-refractivity contribution in [2.75, 3.05) is 6.54 Å². The number of benzene rings is 1. The predicted octanol–water partition coefficient (Wildman–Crippen LogP) is 3.18. The van der Waals surface area contributed by atoms with Gasteiger partial charge in [0.1, 0.15) is 11.1 Å². The van der Waals surface area contributed by atoms with Gasteiger partial charge >= 0.3 is 6.09 Å². The molecule has 0 unspecified atom stereocenters. The lowest BCUT2D eigenvalue weighted by Gasteiger charge is -2.29. The van der Waals surface area contributed by atoms with E-state index in [-0.39, 0.29) is 24.0 Å². The molecule has 0 radical (unpaired) electrons. The van der Waals surface area contributed by atoms with Gasteiger partial charge in [-0.15, -0.1) is 0 Å². The Morgan fingerprint density at radius 2 is 1.93 bits per heavy atom. The van der Waals surface area contributed by atoms with Gasteiger partial charge in [0.2, 0.25) is 0 Å². The Morgan fingerprint density at radius 3 is 2.60 bits per heavy atom. The largest absolute Gasteiger partial charge is 0.444 e. The summed E-state index contributed by atoms with van der Waals surface area (Å²) >= 11 is 6.23. The van der Waals surface area contributed by atoms with Crippen molar-refractivity contribution in [3.05, 3.63) is 63.8 Å². The molecule has 4 rings (SSSR count). The fraction of sp³-hybridized carbons (Fsp3) is 0.381. The van der Waals surface area contributed by atoms with E-state index in [1.807, 2.05) is 18.2 Å². The summed E-state index contributed by atoms with van der Waals surface area (Å²) in [5.41, 5.74) is -0.215. The number of aliphatic hydroxyl groups excluding tert-OH is 1. The zero-order valence-corrected chi connectivity index (χ0v) is 17.7. The van der Waals surface area contributed by atoms with E-state index in [0.29, 0.717) is 16.5 Å². The number of aliphatic hydroxyl groups is 1. The fourth-order valence-corrected chi connectivity index (χ4v) is 3.89. The Kier molecular flexibility index (Phi) is 5.07. The van der Waals surface area contributed by atoms with Crippen LogP contribution in [-0.4, -0.2) is 48.5 Å². The number of hydrogen-bond donors (Lipinski definition) is 1. The number of carbonyl (C=O) groups excluding carboxylic acids is 1. The van der Waals surface area contributed by atoms with Crippen molar-refractivity contribution in [2.45, 2.75) is 44.9 Å². The first-order chi connectivity index (χ1) is 14.2. The molecule has 1 aromatic carbocycles. The first-order valence-electron chi connectivity index (χ1n) is 9.68. The second-order valence-electron chi connectivity index (χ2n) is 8.33. The average molecular weight is 431 g/mol. The molecule has 3 heterocycles. The third-order valence-corrected chi connectivity index (χ3v) is 5.19. The second kappa shape index (κ2) is 7.45. The van der Waals surface area contributed by atoms with E-state index in [0.717, 1.165) is 0 Å². The van der Waals surface area contributed by atoms with Crippen molar-refractivity contribution in [3.8, 4) is 5.69 Å². The van der Waals surface area contributed by atoms with E-state index >= 15 is 0 Å². The Morgan fingerprint density at radius 1 is 1.23 bits per heavy atom. The maximum absolute atomic E-state index is 13.4. The van der Waals surface area contributed by atoms with Crippen LogP contribution in [0, 0.1) is 0 Å². The molecular formula is C21H23ClN4O4. The van der Waals surface area contributed by atoms with E-state index in [1.165, 1.54) is 14.0 Å². The summed E-state index contributed by atoms with van der Waals surface area (Å²) in [5, 5.41) is 15.2. The first kappa shape index (κ1) is 20.4. The summed E-state index contributed by atoms with van der Waals surface area (Å²) in [4.78, 5) is 27.7. The maximum Gasteiger partial charge on any atom is 0.411 e. The summed E-state index contributed by atoms with van der Waals surface area (Å²) in [6.07, 6.45) is 0.510. The summed E-state index contributed by atoms with van der Waals surface area (Å²) in [7, 11) is 0. The van der Waals surface area contributed by atoms with Crippen LogP contribution >= 0.6 is 11.6 Å². The minimum Gasteiger partial charge on any atom is -0.444 e. The number of hydrogen-bond acceptors (Lipinski definition) is 5. The van der Waals surface area contributed by atoms with Crippen molar-refractivity contribution in [1.82, 2.24) is 19.1 Å². The number of nitrogens with zero attached hydrogens (tertiary/aromatic N) is 4. The van der Waals surface area contributed by atoms with Crippen LogP contribution < -0.4 is 5.56 Å². The lowest BCUT2D eigenvalue weighted by atomic mass is 10.1. The molecule has 2 aromatic heterocycles. The number of para-hydroxylation sites is 1. The number of carbonyl (C=O) groups is 1. The molecular weight excluding hydrogens is 408 g/mol. The average Bonchev–Trinajstić information content (AvgIpc) is 3.24. The zero-order valence-electron chi connectivity index (χ0n) is 16.9. The number of halogens is 1. The van der Waals surface area contributed by atoms with Crippen molar-refractivity contribution in [3.63, 3.8) is 0 Å². The molecule has 1 aliphatic rings. The minimum absolute atomic E-state index is 0.0920. The molecule has 1 aliphatic heterocycles. The van der Waals surface area contributed by atoms with Gasteiger partial charge in [0, 0.05) is 12.6 Å². The molecule has 0 spiro atoms. The topological polar surface area (TPSA) is 89.1 Å². The van der Waals surface area contributed by atoms with Crippen LogP contribution in [0.25, 0.3) is 11.2 Å². The molecule has 1 fully saturated rings. The molecule has 2 atom stereocenters. The van der Waals surface area contributed by atoms with Crippen LogP contribution in [0.1, 0.15) is 39.1 Å². The highest BCUT2D eigenvalue weighted by atomic mass is 35.5. The second-order valence-corrected chi connectivity index (χ2v) is 8.74. The van der Waals surface area contributed by atoms with Gasteiger partial charge in [0.05, 0.1) is 29.4 Å². The number of ether oxygens (including phenoxy) is 1. The third-order valence-electron chi connectivity index (χ3n) is 4.88. The van der Waals surface area contributed by atoms with Crippen LogP contribution in [0.15, 0.2) is 47.4 Å². The van der Waals surface area contributed by atoms with Gasteiger partial charge in [-0.1, -0.05) is 29.8 Å². The Bertz CT molecular complexity index is 1150. The van der Waals surface area contributed by atoms with Gasteiger partial charge in [-0.05, 0) is 39.0 Å². The van der Waals surface area contributed by atoms with Gasteiger partial charge in [-0.3, -0.25) is 14.3 Å². The molecule has 1 amide bonds. The first-order valence-corrected chi connectivity index (χ1v) is 10.1. The molecule has 158 valence electrons. The molecule has 0 bridgehead atoms. The molecule has 30 heavy (non-hydrogen) atoms. The highest BCUT2D eigenvalue weighted by Gasteiger charge is 2.40. The van der Waals surface area contributed by atoms with Crippen molar-refractivity contribution < 1.29 is 14.6 Å². The molecule has 9 heteroatoms. The lowest BCUT2D eigenvalue weighted by molar-refractivity contribution is 0.0198. The van der Waals surface area contributed by atoms with Crippen LogP contribution in [-0.2, 0) is 4.74 Å². The van der Waals surface area contributed by atoms with Gasteiger partial charge in [0.15, 0.2) is 5.82 Å². The lowest BCUT2D eigenvalue weighted by Crippen LogP contribution is -2.39. The number of β-amino-alcohol motifs (C(OH)–C–C–N with tert-alkyl or cyclic N) is 1. The SMILES string of the molecule is CC(C)(C)OC(=O)N1C[C@@H](O)C[C@H]1c1nn2ccc(Cl)c2c(=O)n1-c1ccccc1. The molecule has 0 saturated carbocycles. The fourth-order valence-electron chi connectivity index (χ4n) is 3.67. The normalized spacial score (nSPS) is 19.4. The molecule has 0 aliphatic carbocycles. The third kappa shape index (κ3) is 3.68. The van der Waals surface area contributed by atoms with E-state index in [9.17, 15) is 14.7 Å². The van der Waals surface area contributed by atoms with Crippen molar-refractivity contribution in [1.29, 1.82) is 0 Å². The van der Waals surface area contributed by atoms with Gasteiger partial charge < -0.3 is 9.84 Å². The van der Waals surface area contributed by atoms with E-state index in [4.69, 9.17) is 16.3 Å². The summed E-state index contributed by atoms with van der Waals surface area (Å²) in [6, 6.07) is 9.98. The molecule has 8 nitrogen and oxygen atoms in total. The van der Waals surface area contributed by atoms with Gasteiger partial charge in [-0.2, -0.15) is 5.10 Å². The van der Waals surface area contributed by atoms with E-state index < -0.39 is 23.8 Å². The van der Waals surface area contributed by atoms with Crippen LogP contribution in [0.3, 0.4) is 0 Å². The number of amides is 1. The smallest absolute Gasteiger partial charge is 0.411 e. The Labute approximate surface area is 178 Å². The maximum atomic E-state index is 13.4. The van der Waals surface area contributed by atoms with Gasteiger partial charge in [-0.25, -0.2) is 9.31 Å². The van der Waals surface area contributed by atoms with Crippen molar-refractivity contribution in [2.24, 2.45) is 0 Å². The molecule has 1 saturated heterocycles. The number of fused-ring (bicyclic) bond motifs is 1. The van der Waals surface area contributed by atoms with Gasteiger partial charge in [0.25, 0.3) is 5.56 Å². The number of rotatable bonds is 2. The van der Waals surface area contributed by atoms with Crippen LogP contribution in [0.5, 0.6) is 0 Å². The summed E-state index contributed by atoms with van der Waals surface area (Å²) < 4.78 is 8.38. The summed E-state index contributed by atoms with van der Waals surface area (Å²) in [6.45, 7) is 5.42. The van der Waals surface area contributed by atoms with Crippen LogP contribution in [0.4, 0.5) is 4.79 Å². The summed E-state index contributed by atoms with van der Waals surface area (Å²) in [5.74, 6) is 0.327. The Hall–Kier alpha value is -2.84. The Balaban J connectivity index is 1.91. The van der Waals surface area contributed by atoms with E-state index in [1.54, 1.807) is 45.2 Å². The van der Waals surface area contributed by atoms with E-state index in [2.05, 4.69) is 5.10 Å². The minimum atomic E-state index is -0.757. The highest BCUT2D eigenvalue weighted by molar-refractivity contribution is 6.33. The quantitative estimate of drug-likeness (QED) is 0.674. The number of likely N-dealkylation sites (tertiary alicyclic amines) is 1.